The third-order valence-corrected chi connectivity index (χ3v) is 8.21. The molecule has 0 amide bonds. The molecular weight excluding hydrogens is 426 g/mol. The SMILES string of the molecule is CC1(CC2CCCC2)C(=O)C(C2=NS(=O)(=O)c3cc(N)ccc3N2)=C(O)c2ccccc21. The van der Waals surface area contributed by atoms with Crippen molar-refractivity contribution < 1.29 is 18.3 Å². The maximum Gasteiger partial charge on any atom is 0.286 e. The first-order valence-corrected chi connectivity index (χ1v) is 12.2. The Bertz CT molecular complexity index is 1310. The quantitative estimate of drug-likeness (QED) is 0.602. The Morgan fingerprint density at radius 1 is 1.19 bits per heavy atom. The number of anilines is 2. The molecule has 1 heterocycles. The van der Waals surface area contributed by atoms with Gasteiger partial charge in [0.1, 0.15) is 16.2 Å². The first-order chi connectivity index (χ1) is 15.2. The minimum absolute atomic E-state index is 0.0567. The molecule has 0 saturated heterocycles. The first-order valence-electron chi connectivity index (χ1n) is 10.8. The number of nitrogens with two attached hydrogens (primary N) is 1. The number of hydrogen-bond donors (Lipinski definition) is 3. The summed E-state index contributed by atoms with van der Waals surface area (Å²) in [6, 6.07) is 11.7. The predicted octanol–water partition coefficient (Wildman–Crippen LogP) is 4.17. The second kappa shape index (κ2) is 7.20. The Balaban J connectivity index is 1.67. The molecule has 5 rings (SSSR count). The molecule has 3 aliphatic rings. The highest BCUT2D eigenvalue weighted by molar-refractivity contribution is 7.90. The summed E-state index contributed by atoms with van der Waals surface area (Å²) in [5.41, 5.74) is 6.64. The molecular formula is C24H25N3O4S. The molecule has 1 fully saturated rings. The molecule has 7 nitrogen and oxygen atoms in total. The molecule has 0 aromatic heterocycles. The van der Waals surface area contributed by atoms with Gasteiger partial charge in [0.15, 0.2) is 11.6 Å². The average Bonchev–Trinajstić information content (AvgIpc) is 3.26. The van der Waals surface area contributed by atoms with E-state index in [1.165, 1.54) is 12.1 Å². The van der Waals surface area contributed by atoms with Crippen molar-refractivity contribution in [1.29, 1.82) is 0 Å². The Labute approximate surface area is 187 Å². The lowest BCUT2D eigenvalue weighted by molar-refractivity contribution is -0.120. The third kappa shape index (κ3) is 3.12. The molecule has 0 spiro atoms. The Morgan fingerprint density at radius 3 is 2.66 bits per heavy atom. The van der Waals surface area contributed by atoms with E-state index in [0.717, 1.165) is 31.2 Å². The molecule has 2 aromatic rings. The second-order valence-electron chi connectivity index (χ2n) is 9.08. The molecule has 0 radical (unpaired) electrons. The summed E-state index contributed by atoms with van der Waals surface area (Å²) in [5, 5.41) is 14.1. The van der Waals surface area contributed by atoms with Crippen LogP contribution in [0.5, 0.6) is 0 Å². The van der Waals surface area contributed by atoms with E-state index in [0.29, 0.717) is 23.6 Å². The van der Waals surface area contributed by atoms with E-state index in [2.05, 4.69) is 9.71 Å². The summed E-state index contributed by atoms with van der Waals surface area (Å²) in [4.78, 5) is 13.9. The van der Waals surface area contributed by atoms with E-state index >= 15 is 0 Å². The van der Waals surface area contributed by atoms with Crippen molar-refractivity contribution in [3.63, 3.8) is 0 Å². The number of nitrogens with one attached hydrogen (secondary N) is 1. The number of aliphatic hydroxyl groups excluding tert-OH is 1. The van der Waals surface area contributed by atoms with Crippen LogP contribution < -0.4 is 11.1 Å². The fourth-order valence-corrected chi connectivity index (χ4v) is 6.47. The largest absolute Gasteiger partial charge is 0.506 e. The third-order valence-electron chi connectivity index (χ3n) is 6.90. The van der Waals surface area contributed by atoms with Crippen molar-refractivity contribution in [2.75, 3.05) is 11.1 Å². The number of rotatable bonds is 3. The maximum absolute atomic E-state index is 13.9. The van der Waals surface area contributed by atoms with E-state index in [9.17, 15) is 18.3 Å². The Morgan fingerprint density at radius 2 is 1.91 bits per heavy atom. The molecule has 2 aliphatic carbocycles. The zero-order valence-electron chi connectivity index (χ0n) is 17.8. The van der Waals surface area contributed by atoms with Crippen LogP contribution in [0.25, 0.3) is 5.76 Å². The number of ketones is 1. The molecule has 1 aliphatic heterocycles. The van der Waals surface area contributed by atoms with Gasteiger partial charge >= 0.3 is 0 Å². The van der Waals surface area contributed by atoms with Crippen LogP contribution in [0.1, 0.15) is 50.2 Å². The standard InChI is InChI=1S/C24H25N3O4S/c1-24(13-14-6-2-3-7-14)17-9-5-4-8-16(17)21(28)20(22(24)29)23-26-18-11-10-15(25)12-19(18)32(30,31)27-23/h4-5,8-12,14,28H,2-3,6-7,13,25H2,1H3,(H,26,27). The van der Waals surface area contributed by atoms with Crippen molar-refractivity contribution in [2.45, 2.75) is 49.3 Å². The zero-order valence-corrected chi connectivity index (χ0v) is 18.6. The van der Waals surface area contributed by atoms with Gasteiger partial charge in [-0.2, -0.15) is 8.42 Å². The number of hydrogen-bond acceptors (Lipinski definition) is 6. The van der Waals surface area contributed by atoms with E-state index in [4.69, 9.17) is 5.73 Å². The van der Waals surface area contributed by atoms with Gasteiger partial charge in [-0.25, -0.2) is 0 Å². The maximum atomic E-state index is 13.9. The molecule has 32 heavy (non-hydrogen) atoms. The summed E-state index contributed by atoms with van der Waals surface area (Å²) in [6.45, 7) is 1.89. The number of amidine groups is 1. The molecule has 1 saturated carbocycles. The molecule has 1 atom stereocenters. The molecule has 2 aromatic carbocycles. The molecule has 8 heteroatoms. The number of carbonyl (C=O) groups is 1. The highest BCUT2D eigenvalue weighted by atomic mass is 32.2. The Hall–Kier alpha value is -3.13. The van der Waals surface area contributed by atoms with Gasteiger partial charge in [0.2, 0.25) is 0 Å². The van der Waals surface area contributed by atoms with Crippen LogP contribution >= 0.6 is 0 Å². The van der Waals surface area contributed by atoms with Gasteiger partial charge in [-0.1, -0.05) is 49.9 Å². The summed E-state index contributed by atoms with van der Waals surface area (Å²) in [5.74, 6) is -0.320. The number of fused-ring (bicyclic) bond motifs is 2. The summed E-state index contributed by atoms with van der Waals surface area (Å²) in [7, 11) is -4.10. The lowest BCUT2D eigenvalue weighted by Crippen LogP contribution is -2.43. The van der Waals surface area contributed by atoms with E-state index in [-0.39, 0.29) is 33.5 Å². The van der Waals surface area contributed by atoms with Crippen LogP contribution in [-0.2, 0) is 20.2 Å². The number of nitrogens with zero attached hydrogens (tertiary/aromatic N) is 1. The van der Waals surface area contributed by atoms with Gasteiger partial charge in [0.25, 0.3) is 10.0 Å². The first kappa shape index (κ1) is 20.8. The van der Waals surface area contributed by atoms with E-state index in [1.807, 2.05) is 19.1 Å². The van der Waals surface area contributed by atoms with Crippen LogP contribution in [0, 0.1) is 5.92 Å². The van der Waals surface area contributed by atoms with Crippen LogP contribution in [0.15, 0.2) is 57.3 Å². The lowest BCUT2D eigenvalue weighted by atomic mass is 9.65. The minimum atomic E-state index is -4.10. The van der Waals surface area contributed by atoms with Crippen molar-refractivity contribution >= 4 is 38.8 Å². The van der Waals surface area contributed by atoms with Crippen molar-refractivity contribution in [3.05, 3.63) is 59.2 Å². The second-order valence-corrected chi connectivity index (χ2v) is 10.7. The van der Waals surface area contributed by atoms with Crippen molar-refractivity contribution in [2.24, 2.45) is 10.3 Å². The molecule has 1 unspecified atom stereocenters. The highest BCUT2D eigenvalue weighted by Gasteiger charge is 2.47. The Kier molecular flexibility index (Phi) is 4.67. The molecule has 166 valence electrons. The topological polar surface area (TPSA) is 122 Å². The lowest BCUT2D eigenvalue weighted by Gasteiger charge is -2.37. The summed E-state index contributed by atoms with van der Waals surface area (Å²) >= 11 is 0. The van der Waals surface area contributed by atoms with Gasteiger partial charge < -0.3 is 16.2 Å². The molecule has 0 bridgehead atoms. The van der Waals surface area contributed by atoms with E-state index < -0.39 is 15.4 Å². The van der Waals surface area contributed by atoms with Gasteiger partial charge in [0.05, 0.1) is 11.1 Å². The van der Waals surface area contributed by atoms with Crippen molar-refractivity contribution in [3.8, 4) is 0 Å². The van der Waals surface area contributed by atoms with E-state index in [1.54, 1.807) is 18.2 Å². The fraction of sp³-hybridized carbons (Fsp3) is 0.333. The number of carbonyl (C=O) groups excluding carboxylic acids is 1. The van der Waals surface area contributed by atoms with Crippen LogP contribution in [0.2, 0.25) is 0 Å². The number of sulfonamides is 1. The smallest absolute Gasteiger partial charge is 0.286 e. The summed E-state index contributed by atoms with van der Waals surface area (Å²) < 4.78 is 29.6. The van der Waals surface area contributed by atoms with Crippen molar-refractivity contribution in [1.82, 2.24) is 0 Å². The zero-order chi connectivity index (χ0) is 22.7. The van der Waals surface area contributed by atoms with Gasteiger partial charge in [-0.15, -0.1) is 4.40 Å². The number of aliphatic hydroxyl groups is 1. The number of nitrogen functional groups attached to an aromatic ring is 1. The monoisotopic (exact) mass is 451 g/mol. The van der Waals surface area contributed by atoms with Crippen LogP contribution in [0.4, 0.5) is 11.4 Å². The fourth-order valence-electron chi connectivity index (χ4n) is 5.31. The predicted molar refractivity (Wildman–Crippen MR) is 124 cm³/mol. The highest BCUT2D eigenvalue weighted by Crippen LogP contribution is 2.46. The number of Topliss-reactive ketones (excluding diaryl/α,β-unsaturated/α-hetero) is 1. The van der Waals surface area contributed by atoms with Crippen LogP contribution in [0.3, 0.4) is 0 Å². The van der Waals surface area contributed by atoms with Crippen LogP contribution in [-0.4, -0.2) is 25.1 Å². The molecule has 4 N–H and O–H groups in total. The average molecular weight is 452 g/mol. The van der Waals surface area contributed by atoms with Gasteiger partial charge in [-0.3, -0.25) is 4.79 Å². The minimum Gasteiger partial charge on any atom is -0.506 e. The number of benzene rings is 2. The van der Waals surface area contributed by atoms with Gasteiger partial charge in [0, 0.05) is 11.3 Å². The van der Waals surface area contributed by atoms with Gasteiger partial charge in [-0.05, 0) is 43.0 Å². The summed E-state index contributed by atoms with van der Waals surface area (Å²) in [6.07, 6.45) is 5.08. The normalized spacial score (nSPS) is 24.5.